The van der Waals surface area contributed by atoms with Gasteiger partial charge in [0, 0.05) is 40.5 Å². The predicted octanol–water partition coefficient (Wildman–Crippen LogP) is 1.21. The molecular weight excluding hydrogens is 296 g/mol. The van der Waals surface area contributed by atoms with Crippen LogP contribution in [-0.2, 0) is 38.1 Å². The molecule has 8 nitrogen and oxygen atoms in total. The molecule has 0 aromatic carbocycles. The minimum Gasteiger partial charge on any atom is -0.415 e. The van der Waals surface area contributed by atoms with E-state index in [1.807, 2.05) is 0 Å². The molecule has 0 spiro atoms. The zero-order chi connectivity index (χ0) is 17.0. The number of esters is 4. The Kier molecular flexibility index (Phi) is 5.51. The smallest absolute Gasteiger partial charge is 0.334 e. The molecule has 1 fully saturated rings. The first-order valence-electron chi connectivity index (χ1n) is 6.91. The van der Waals surface area contributed by atoms with Gasteiger partial charge in [-0.05, 0) is 12.8 Å². The van der Waals surface area contributed by atoms with E-state index in [2.05, 4.69) is 0 Å². The number of carbonyl (C=O) groups is 4. The molecule has 0 aliphatic heterocycles. The topological polar surface area (TPSA) is 105 Å². The van der Waals surface area contributed by atoms with Crippen molar-refractivity contribution in [2.24, 2.45) is 0 Å². The second-order valence-electron chi connectivity index (χ2n) is 5.09. The van der Waals surface area contributed by atoms with Gasteiger partial charge in [0.05, 0.1) is 0 Å². The van der Waals surface area contributed by atoms with E-state index < -0.39 is 35.5 Å². The highest BCUT2D eigenvalue weighted by atomic mass is 16.8. The molecule has 0 aromatic rings. The Bertz CT molecular complexity index is 405. The quantitative estimate of drug-likeness (QED) is 0.563. The Balaban J connectivity index is 3.39. The fraction of sp³-hybridized carbons (Fsp3) is 0.714. The summed E-state index contributed by atoms with van der Waals surface area (Å²) in [7, 11) is 0. The third-order valence-corrected chi connectivity index (χ3v) is 3.08. The van der Waals surface area contributed by atoms with E-state index in [0.29, 0.717) is 12.8 Å². The maximum atomic E-state index is 11.5. The largest absolute Gasteiger partial charge is 0.415 e. The van der Waals surface area contributed by atoms with Crippen molar-refractivity contribution in [2.45, 2.75) is 65.0 Å². The molecule has 0 atom stereocenters. The molecule has 0 bridgehead atoms. The van der Waals surface area contributed by atoms with Gasteiger partial charge in [-0.1, -0.05) is 0 Å². The van der Waals surface area contributed by atoms with Crippen molar-refractivity contribution >= 4 is 23.9 Å². The number of hydrogen-bond acceptors (Lipinski definition) is 8. The van der Waals surface area contributed by atoms with Crippen molar-refractivity contribution < 1.29 is 38.1 Å². The van der Waals surface area contributed by atoms with Crippen LogP contribution >= 0.6 is 0 Å². The molecular formula is C14H20O8. The molecule has 0 heterocycles. The van der Waals surface area contributed by atoms with Gasteiger partial charge in [-0.3, -0.25) is 19.2 Å². The zero-order valence-electron chi connectivity index (χ0n) is 13.1. The van der Waals surface area contributed by atoms with Crippen molar-refractivity contribution in [3.63, 3.8) is 0 Å². The van der Waals surface area contributed by atoms with Crippen molar-refractivity contribution in [3.8, 4) is 0 Å². The minimum atomic E-state index is -1.99. The van der Waals surface area contributed by atoms with Crippen LogP contribution in [0.5, 0.6) is 0 Å². The molecule has 124 valence electrons. The van der Waals surface area contributed by atoms with E-state index in [1.54, 1.807) is 0 Å². The lowest BCUT2D eigenvalue weighted by Crippen LogP contribution is -2.64. The van der Waals surface area contributed by atoms with Gasteiger partial charge in [0.2, 0.25) is 0 Å². The summed E-state index contributed by atoms with van der Waals surface area (Å²) in [6.07, 6.45) is 1.16. The average molecular weight is 316 g/mol. The summed E-state index contributed by atoms with van der Waals surface area (Å²) in [5.41, 5.74) is 0. The molecule has 0 saturated heterocycles. The summed E-state index contributed by atoms with van der Waals surface area (Å²) < 4.78 is 20.7. The molecule has 22 heavy (non-hydrogen) atoms. The Labute approximate surface area is 128 Å². The summed E-state index contributed by atoms with van der Waals surface area (Å²) in [5, 5.41) is 0. The molecule has 1 aliphatic carbocycles. The lowest BCUT2D eigenvalue weighted by molar-refractivity contribution is -0.374. The summed E-state index contributed by atoms with van der Waals surface area (Å²) >= 11 is 0. The molecule has 1 rings (SSSR count). The van der Waals surface area contributed by atoms with E-state index in [4.69, 9.17) is 18.9 Å². The first-order valence-corrected chi connectivity index (χ1v) is 6.91. The number of rotatable bonds is 4. The van der Waals surface area contributed by atoms with Crippen LogP contribution in [0.4, 0.5) is 0 Å². The molecule has 1 saturated carbocycles. The van der Waals surface area contributed by atoms with Crippen molar-refractivity contribution in [1.82, 2.24) is 0 Å². The van der Waals surface area contributed by atoms with Gasteiger partial charge >= 0.3 is 35.5 Å². The van der Waals surface area contributed by atoms with Crippen LogP contribution in [0.25, 0.3) is 0 Å². The fourth-order valence-corrected chi connectivity index (χ4v) is 2.58. The SMILES string of the molecule is CC(=O)OC1(OC(C)=O)CCCCC1(OC(C)=O)OC(C)=O. The third-order valence-electron chi connectivity index (χ3n) is 3.08. The highest BCUT2D eigenvalue weighted by Gasteiger charge is 2.65. The Morgan fingerprint density at radius 2 is 0.818 bits per heavy atom. The van der Waals surface area contributed by atoms with Crippen LogP contribution in [0.2, 0.25) is 0 Å². The van der Waals surface area contributed by atoms with Crippen molar-refractivity contribution in [2.75, 3.05) is 0 Å². The van der Waals surface area contributed by atoms with Gasteiger partial charge < -0.3 is 18.9 Å². The Morgan fingerprint density at radius 3 is 1.00 bits per heavy atom. The molecule has 8 heteroatoms. The molecule has 1 aliphatic rings. The lowest BCUT2D eigenvalue weighted by Gasteiger charge is -2.47. The van der Waals surface area contributed by atoms with E-state index >= 15 is 0 Å². The molecule has 0 N–H and O–H groups in total. The van der Waals surface area contributed by atoms with Crippen LogP contribution < -0.4 is 0 Å². The van der Waals surface area contributed by atoms with Crippen LogP contribution in [0.15, 0.2) is 0 Å². The molecule has 0 aromatic heterocycles. The zero-order valence-corrected chi connectivity index (χ0v) is 13.1. The monoisotopic (exact) mass is 316 g/mol. The maximum absolute atomic E-state index is 11.5. The standard InChI is InChI=1S/C14H20O8/c1-9(15)19-13(20-10(2)16)7-5-6-8-14(13,21-11(3)17)22-12(4)18/h5-8H2,1-4H3. The van der Waals surface area contributed by atoms with E-state index in [-0.39, 0.29) is 12.8 Å². The Hall–Kier alpha value is -2.12. The summed E-state index contributed by atoms with van der Waals surface area (Å²) in [4.78, 5) is 45.9. The molecule has 0 unspecified atom stereocenters. The van der Waals surface area contributed by atoms with Crippen LogP contribution in [0, 0.1) is 0 Å². The third kappa shape index (κ3) is 3.96. The highest BCUT2D eigenvalue weighted by Crippen LogP contribution is 2.45. The summed E-state index contributed by atoms with van der Waals surface area (Å²) in [6, 6.07) is 0. The van der Waals surface area contributed by atoms with E-state index in [1.165, 1.54) is 0 Å². The lowest BCUT2D eigenvalue weighted by atomic mass is 9.87. The van der Waals surface area contributed by atoms with Crippen molar-refractivity contribution in [3.05, 3.63) is 0 Å². The van der Waals surface area contributed by atoms with Crippen LogP contribution in [-0.4, -0.2) is 35.5 Å². The average Bonchev–Trinajstić information content (AvgIpc) is 2.29. The highest BCUT2D eigenvalue weighted by molar-refractivity contribution is 5.71. The number of hydrogen-bond donors (Lipinski definition) is 0. The van der Waals surface area contributed by atoms with Crippen molar-refractivity contribution in [1.29, 1.82) is 0 Å². The normalized spacial score (nSPS) is 18.7. The van der Waals surface area contributed by atoms with Gasteiger partial charge in [0.1, 0.15) is 0 Å². The summed E-state index contributed by atoms with van der Waals surface area (Å²) in [6.45, 7) is 4.47. The van der Waals surface area contributed by atoms with Gasteiger partial charge in [-0.2, -0.15) is 0 Å². The van der Waals surface area contributed by atoms with Crippen LogP contribution in [0.3, 0.4) is 0 Å². The second kappa shape index (κ2) is 6.76. The first-order chi connectivity index (χ1) is 10.1. The van der Waals surface area contributed by atoms with Gasteiger partial charge in [-0.25, -0.2) is 0 Å². The van der Waals surface area contributed by atoms with Gasteiger partial charge in [0.15, 0.2) is 0 Å². The Morgan fingerprint density at radius 1 is 0.591 bits per heavy atom. The predicted molar refractivity (Wildman–Crippen MR) is 71.0 cm³/mol. The number of carbonyl (C=O) groups excluding carboxylic acids is 4. The molecule has 0 radical (unpaired) electrons. The fourth-order valence-electron chi connectivity index (χ4n) is 2.58. The first kappa shape index (κ1) is 17.9. The van der Waals surface area contributed by atoms with Gasteiger partial charge in [0.25, 0.3) is 0 Å². The maximum Gasteiger partial charge on any atom is 0.334 e. The second-order valence-corrected chi connectivity index (χ2v) is 5.09. The van der Waals surface area contributed by atoms with E-state index in [9.17, 15) is 19.2 Å². The molecule has 0 amide bonds. The van der Waals surface area contributed by atoms with Gasteiger partial charge in [-0.15, -0.1) is 0 Å². The minimum absolute atomic E-state index is 0.0483. The van der Waals surface area contributed by atoms with E-state index in [0.717, 1.165) is 27.7 Å². The summed E-state index contributed by atoms with van der Waals surface area (Å²) in [5.74, 6) is -7.00. The number of ether oxygens (including phenoxy) is 4. The van der Waals surface area contributed by atoms with Crippen LogP contribution in [0.1, 0.15) is 53.4 Å².